The number of nitrogens with zero attached hydrogens (tertiary/aromatic N) is 6. The highest BCUT2D eigenvalue weighted by atomic mass is 35.5. The van der Waals surface area contributed by atoms with E-state index in [9.17, 15) is 9.90 Å². The lowest BCUT2D eigenvalue weighted by atomic mass is 10.0. The second-order valence-electron chi connectivity index (χ2n) is 9.89. The van der Waals surface area contributed by atoms with E-state index in [1.807, 2.05) is 47.9 Å². The Balaban J connectivity index is 1.65. The molecule has 0 spiro atoms. The maximum absolute atomic E-state index is 12.9. The smallest absolute Gasteiger partial charge is 0.254 e. The minimum absolute atomic E-state index is 0.0228. The van der Waals surface area contributed by atoms with Crippen molar-refractivity contribution in [2.24, 2.45) is 0 Å². The van der Waals surface area contributed by atoms with E-state index in [4.69, 9.17) is 16.6 Å². The van der Waals surface area contributed by atoms with Crippen LogP contribution in [0.15, 0.2) is 61.3 Å². The first kappa shape index (κ1) is 24.2. The fourth-order valence-electron chi connectivity index (χ4n) is 4.89. The second-order valence-corrected chi connectivity index (χ2v) is 10.3. The van der Waals surface area contributed by atoms with Gasteiger partial charge in [-0.2, -0.15) is 0 Å². The van der Waals surface area contributed by atoms with Crippen LogP contribution in [0, 0.1) is 0 Å². The number of carbonyl (C=O) groups is 1. The monoisotopic (exact) mass is 504 g/mol. The molecule has 1 fully saturated rings. The van der Waals surface area contributed by atoms with E-state index in [-0.39, 0.29) is 18.0 Å². The van der Waals surface area contributed by atoms with Crippen molar-refractivity contribution in [3.63, 3.8) is 0 Å². The van der Waals surface area contributed by atoms with Gasteiger partial charge in [0.05, 0.1) is 5.39 Å². The number of anilines is 1. The number of piperazine rings is 1. The van der Waals surface area contributed by atoms with Crippen LogP contribution in [0.3, 0.4) is 0 Å². The Morgan fingerprint density at radius 1 is 1.08 bits per heavy atom. The van der Waals surface area contributed by atoms with Gasteiger partial charge in [0.15, 0.2) is 5.65 Å². The SMILES string of the molecule is C[C@@H]1CN(c2ncnc3c2c(-c2ccncc2)cn3-c2cccc(Cl)c2)[C@@H](C)CN1C(=O)C(C)(C)O. The number of hydrogen-bond donors (Lipinski definition) is 1. The highest BCUT2D eigenvalue weighted by molar-refractivity contribution is 6.30. The normalized spacial score (nSPS) is 18.6. The zero-order chi connectivity index (χ0) is 25.6. The Morgan fingerprint density at radius 3 is 2.53 bits per heavy atom. The van der Waals surface area contributed by atoms with Crippen LogP contribution in [0.25, 0.3) is 27.8 Å². The Hall–Kier alpha value is -3.49. The van der Waals surface area contributed by atoms with Gasteiger partial charge in [-0.25, -0.2) is 9.97 Å². The van der Waals surface area contributed by atoms with E-state index in [0.29, 0.717) is 18.1 Å². The van der Waals surface area contributed by atoms with E-state index < -0.39 is 5.60 Å². The van der Waals surface area contributed by atoms with Crippen LogP contribution in [-0.4, -0.2) is 66.2 Å². The molecule has 0 unspecified atom stereocenters. The topological polar surface area (TPSA) is 87.4 Å². The number of halogens is 1. The summed E-state index contributed by atoms with van der Waals surface area (Å²) in [4.78, 5) is 30.5. The number of fused-ring (bicyclic) bond motifs is 1. The zero-order valence-electron chi connectivity index (χ0n) is 20.8. The number of amides is 1. The Kier molecular flexibility index (Phi) is 6.18. The van der Waals surface area contributed by atoms with Crippen LogP contribution in [0.2, 0.25) is 5.02 Å². The van der Waals surface area contributed by atoms with E-state index in [2.05, 4.69) is 28.0 Å². The number of hydrogen-bond acceptors (Lipinski definition) is 6. The number of rotatable bonds is 4. The third kappa shape index (κ3) is 4.31. The third-order valence-electron chi connectivity index (χ3n) is 6.68. The summed E-state index contributed by atoms with van der Waals surface area (Å²) in [5.74, 6) is 0.543. The Morgan fingerprint density at radius 2 is 1.83 bits per heavy atom. The summed E-state index contributed by atoms with van der Waals surface area (Å²) < 4.78 is 2.03. The molecule has 1 N–H and O–H groups in total. The number of aliphatic hydroxyl groups is 1. The zero-order valence-corrected chi connectivity index (χ0v) is 21.5. The van der Waals surface area contributed by atoms with E-state index in [1.165, 1.54) is 13.8 Å². The van der Waals surface area contributed by atoms with Gasteiger partial charge in [0, 0.05) is 60.0 Å². The first-order chi connectivity index (χ1) is 17.1. The highest BCUT2D eigenvalue weighted by Crippen LogP contribution is 2.38. The minimum Gasteiger partial charge on any atom is -0.381 e. The molecule has 4 heterocycles. The van der Waals surface area contributed by atoms with Gasteiger partial charge < -0.3 is 19.5 Å². The van der Waals surface area contributed by atoms with Crippen LogP contribution in [0.4, 0.5) is 5.82 Å². The van der Waals surface area contributed by atoms with Gasteiger partial charge in [-0.15, -0.1) is 0 Å². The molecule has 4 aromatic rings. The second kappa shape index (κ2) is 9.19. The van der Waals surface area contributed by atoms with Crippen molar-refractivity contribution in [3.05, 3.63) is 66.3 Å². The molecule has 1 aliphatic rings. The first-order valence-corrected chi connectivity index (χ1v) is 12.4. The van der Waals surface area contributed by atoms with Gasteiger partial charge in [-0.05, 0) is 63.6 Å². The molecular formula is C27H29ClN6O2. The Labute approximate surface area is 215 Å². The first-order valence-electron chi connectivity index (χ1n) is 12.0. The molecular weight excluding hydrogens is 476 g/mol. The molecule has 186 valence electrons. The molecule has 36 heavy (non-hydrogen) atoms. The van der Waals surface area contributed by atoms with E-state index in [0.717, 1.165) is 33.7 Å². The molecule has 0 saturated carbocycles. The summed E-state index contributed by atoms with van der Waals surface area (Å²) in [5.41, 5.74) is 2.24. The van der Waals surface area contributed by atoms with Crippen LogP contribution >= 0.6 is 11.6 Å². The number of benzene rings is 1. The van der Waals surface area contributed by atoms with Crippen molar-refractivity contribution >= 4 is 34.4 Å². The van der Waals surface area contributed by atoms with E-state index in [1.54, 1.807) is 23.6 Å². The average molecular weight is 505 g/mol. The summed E-state index contributed by atoms with van der Waals surface area (Å²) in [6.45, 7) is 8.20. The summed E-state index contributed by atoms with van der Waals surface area (Å²) in [5, 5.41) is 11.9. The molecule has 5 rings (SSSR count). The predicted octanol–water partition coefficient (Wildman–Crippen LogP) is 4.33. The fourth-order valence-corrected chi connectivity index (χ4v) is 5.08. The number of aromatic nitrogens is 4. The fraction of sp³-hybridized carbons (Fsp3) is 0.333. The molecule has 1 saturated heterocycles. The van der Waals surface area contributed by atoms with Gasteiger partial charge in [0.25, 0.3) is 5.91 Å². The van der Waals surface area contributed by atoms with Gasteiger partial charge in [-0.3, -0.25) is 9.78 Å². The van der Waals surface area contributed by atoms with Gasteiger partial charge in [0.2, 0.25) is 0 Å². The minimum atomic E-state index is -1.42. The standard InChI is InChI=1S/C27H29ClN6O2/c1-17-14-33(26(35)27(3,4)36)18(2)13-32(17)24-23-22(19-8-10-29-11-9-19)15-34(25(23)31-16-30-24)21-7-5-6-20(28)12-21/h5-12,15-18,36H,13-14H2,1-4H3/t17-,18+/m0/s1. The predicted molar refractivity (Wildman–Crippen MR) is 141 cm³/mol. The summed E-state index contributed by atoms with van der Waals surface area (Å²) in [7, 11) is 0. The van der Waals surface area contributed by atoms with Crippen molar-refractivity contribution in [2.75, 3.05) is 18.0 Å². The lowest BCUT2D eigenvalue weighted by Crippen LogP contribution is -2.61. The summed E-state index contributed by atoms with van der Waals surface area (Å²) >= 11 is 6.32. The van der Waals surface area contributed by atoms with Gasteiger partial charge >= 0.3 is 0 Å². The van der Waals surface area contributed by atoms with Crippen molar-refractivity contribution in [1.29, 1.82) is 0 Å². The van der Waals surface area contributed by atoms with E-state index >= 15 is 0 Å². The molecule has 9 heteroatoms. The van der Waals surface area contributed by atoms with Crippen molar-refractivity contribution in [2.45, 2.75) is 45.4 Å². The molecule has 3 aromatic heterocycles. The van der Waals surface area contributed by atoms with Gasteiger partial charge in [-0.1, -0.05) is 17.7 Å². The maximum Gasteiger partial charge on any atom is 0.254 e. The maximum atomic E-state index is 12.9. The summed E-state index contributed by atoms with van der Waals surface area (Å²) in [6.07, 6.45) is 7.19. The van der Waals surface area contributed by atoms with Crippen LogP contribution in [-0.2, 0) is 4.79 Å². The third-order valence-corrected chi connectivity index (χ3v) is 6.92. The lowest BCUT2D eigenvalue weighted by Gasteiger charge is -2.46. The molecule has 0 radical (unpaired) electrons. The molecule has 0 bridgehead atoms. The molecule has 1 aliphatic heterocycles. The highest BCUT2D eigenvalue weighted by Gasteiger charge is 2.39. The summed E-state index contributed by atoms with van der Waals surface area (Å²) in [6, 6.07) is 11.5. The molecule has 8 nitrogen and oxygen atoms in total. The average Bonchev–Trinajstić information content (AvgIpc) is 3.25. The Bertz CT molecular complexity index is 1420. The van der Waals surface area contributed by atoms with Crippen molar-refractivity contribution in [1.82, 2.24) is 24.4 Å². The van der Waals surface area contributed by atoms with Crippen molar-refractivity contribution < 1.29 is 9.90 Å². The molecule has 2 atom stereocenters. The van der Waals surface area contributed by atoms with Crippen LogP contribution in [0.5, 0.6) is 0 Å². The van der Waals surface area contributed by atoms with Gasteiger partial charge in [0.1, 0.15) is 17.7 Å². The molecule has 1 aromatic carbocycles. The molecule has 1 amide bonds. The quantitative estimate of drug-likeness (QED) is 0.445. The molecule has 0 aliphatic carbocycles. The largest absolute Gasteiger partial charge is 0.381 e. The van der Waals surface area contributed by atoms with Crippen LogP contribution in [0.1, 0.15) is 27.7 Å². The van der Waals surface area contributed by atoms with Crippen LogP contribution < -0.4 is 4.90 Å². The number of pyridine rings is 1. The lowest BCUT2D eigenvalue weighted by molar-refractivity contribution is -0.151. The number of carbonyl (C=O) groups excluding carboxylic acids is 1. The van der Waals surface area contributed by atoms with Crippen molar-refractivity contribution in [3.8, 4) is 16.8 Å².